The van der Waals surface area contributed by atoms with Gasteiger partial charge in [-0.25, -0.2) is 0 Å². The molecule has 0 aromatic carbocycles. The van der Waals surface area contributed by atoms with E-state index in [1.54, 1.807) is 6.20 Å². The Morgan fingerprint density at radius 1 is 1.17 bits per heavy atom. The van der Waals surface area contributed by atoms with Crippen LogP contribution in [-0.4, -0.2) is 15.2 Å². The molecule has 0 atom stereocenters. The molecule has 94 valence electrons. The van der Waals surface area contributed by atoms with Crippen LogP contribution in [0.3, 0.4) is 0 Å². The summed E-state index contributed by atoms with van der Waals surface area (Å²) in [5.74, 6) is 1.13. The predicted molar refractivity (Wildman–Crippen MR) is 68.4 cm³/mol. The third kappa shape index (κ3) is 2.31. The van der Waals surface area contributed by atoms with Crippen molar-refractivity contribution in [1.82, 2.24) is 15.2 Å². The zero-order chi connectivity index (χ0) is 13.1. The van der Waals surface area contributed by atoms with Gasteiger partial charge in [0.25, 0.3) is 0 Å². The third-order valence-electron chi connectivity index (χ3n) is 2.91. The third-order valence-corrected chi connectivity index (χ3v) is 2.91. The summed E-state index contributed by atoms with van der Waals surface area (Å²) in [5.41, 5.74) is 9.32. The van der Waals surface area contributed by atoms with Crippen LogP contribution in [0.4, 0.5) is 0 Å². The van der Waals surface area contributed by atoms with Gasteiger partial charge in [0.1, 0.15) is 0 Å². The second-order valence-electron chi connectivity index (χ2n) is 4.09. The van der Waals surface area contributed by atoms with Crippen molar-refractivity contribution in [2.75, 3.05) is 0 Å². The Hall–Kier alpha value is -2.01. The monoisotopic (exact) mass is 244 g/mol. The molecule has 0 aliphatic rings. The number of aromatic nitrogens is 3. The van der Waals surface area contributed by atoms with E-state index < -0.39 is 0 Å². The van der Waals surface area contributed by atoms with Gasteiger partial charge < -0.3 is 10.5 Å². The van der Waals surface area contributed by atoms with E-state index in [0.29, 0.717) is 18.2 Å². The fourth-order valence-corrected chi connectivity index (χ4v) is 1.64. The van der Waals surface area contributed by atoms with Crippen LogP contribution in [0, 0.1) is 20.8 Å². The van der Waals surface area contributed by atoms with E-state index in [0.717, 1.165) is 22.5 Å². The zero-order valence-electron chi connectivity index (χ0n) is 10.8. The summed E-state index contributed by atoms with van der Waals surface area (Å²) in [4.78, 5) is 4.17. The van der Waals surface area contributed by atoms with E-state index in [9.17, 15) is 0 Å². The molecule has 0 spiro atoms. The Morgan fingerprint density at radius 3 is 2.61 bits per heavy atom. The van der Waals surface area contributed by atoms with Gasteiger partial charge in [-0.3, -0.25) is 4.98 Å². The van der Waals surface area contributed by atoms with Crippen LogP contribution >= 0.6 is 0 Å². The maximum Gasteiger partial charge on any atom is 0.243 e. The van der Waals surface area contributed by atoms with Crippen molar-refractivity contribution in [3.63, 3.8) is 0 Å². The lowest BCUT2D eigenvalue weighted by atomic mass is 10.1. The van der Waals surface area contributed by atoms with Gasteiger partial charge in [0, 0.05) is 18.3 Å². The van der Waals surface area contributed by atoms with E-state index in [2.05, 4.69) is 15.2 Å². The smallest absolute Gasteiger partial charge is 0.243 e. The minimum Gasteiger partial charge on any atom is -0.435 e. The molecule has 18 heavy (non-hydrogen) atoms. The van der Waals surface area contributed by atoms with Crippen LogP contribution in [0.2, 0.25) is 0 Å². The molecule has 0 saturated heterocycles. The Kier molecular flexibility index (Phi) is 3.53. The number of hydrogen-bond donors (Lipinski definition) is 1. The van der Waals surface area contributed by atoms with Crippen LogP contribution < -0.4 is 10.5 Å². The first-order chi connectivity index (χ1) is 8.63. The van der Waals surface area contributed by atoms with Crippen molar-refractivity contribution < 1.29 is 4.74 Å². The fraction of sp³-hybridized carbons (Fsp3) is 0.308. The molecule has 2 N–H and O–H groups in total. The lowest BCUT2D eigenvalue weighted by molar-refractivity contribution is 0.441. The van der Waals surface area contributed by atoms with Crippen molar-refractivity contribution in [1.29, 1.82) is 0 Å². The number of rotatable bonds is 3. The molecule has 0 radical (unpaired) electrons. The molecule has 2 heterocycles. The maximum absolute atomic E-state index is 5.75. The Bertz CT molecular complexity index is 569. The molecular weight excluding hydrogens is 228 g/mol. The van der Waals surface area contributed by atoms with Gasteiger partial charge in [0.2, 0.25) is 5.88 Å². The van der Waals surface area contributed by atoms with E-state index in [4.69, 9.17) is 10.5 Å². The second-order valence-corrected chi connectivity index (χ2v) is 4.09. The number of nitrogens with two attached hydrogens (primary N) is 1. The summed E-state index contributed by atoms with van der Waals surface area (Å²) in [6.07, 6.45) is 1.72. The first kappa shape index (κ1) is 12.4. The minimum absolute atomic E-state index is 0.372. The van der Waals surface area contributed by atoms with Crippen LogP contribution in [0.25, 0.3) is 0 Å². The number of pyridine rings is 1. The highest BCUT2D eigenvalue weighted by molar-refractivity contribution is 5.38. The van der Waals surface area contributed by atoms with E-state index in [1.165, 1.54) is 0 Å². The standard InChI is InChI=1S/C13H16N4O/c1-8-9(2)16-17-13(11(8)7-14)18-12-5-4-6-15-10(12)3/h4-6H,7,14H2,1-3H3. The van der Waals surface area contributed by atoms with Crippen molar-refractivity contribution in [3.8, 4) is 11.6 Å². The van der Waals surface area contributed by atoms with Crippen LogP contribution in [0.5, 0.6) is 11.6 Å². The van der Waals surface area contributed by atoms with Crippen molar-refractivity contribution >= 4 is 0 Å². The molecule has 2 aromatic rings. The predicted octanol–water partition coefficient (Wildman–Crippen LogP) is 2.05. The minimum atomic E-state index is 0.372. The van der Waals surface area contributed by atoms with Gasteiger partial charge in [-0.05, 0) is 38.5 Å². The maximum atomic E-state index is 5.75. The highest BCUT2D eigenvalue weighted by Gasteiger charge is 2.12. The molecule has 2 rings (SSSR count). The first-order valence-corrected chi connectivity index (χ1v) is 5.75. The van der Waals surface area contributed by atoms with Gasteiger partial charge in [0.05, 0.1) is 11.4 Å². The second kappa shape index (κ2) is 5.10. The summed E-state index contributed by atoms with van der Waals surface area (Å²) in [5, 5.41) is 8.13. The number of ether oxygens (including phenoxy) is 1. The van der Waals surface area contributed by atoms with Crippen molar-refractivity contribution in [2.24, 2.45) is 5.73 Å². The topological polar surface area (TPSA) is 73.9 Å². The summed E-state index contributed by atoms with van der Waals surface area (Å²) in [7, 11) is 0. The average molecular weight is 244 g/mol. The van der Waals surface area contributed by atoms with E-state index in [1.807, 2.05) is 32.9 Å². The highest BCUT2D eigenvalue weighted by atomic mass is 16.5. The molecule has 0 aliphatic heterocycles. The number of aryl methyl sites for hydroxylation is 2. The SMILES string of the molecule is Cc1ncccc1Oc1nnc(C)c(C)c1CN. The van der Waals surface area contributed by atoms with Crippen LogP contribution in [0.1, 0.15) is 22.5 Å². The van der Waals surface area contributed by atoms with Crippen LogP contribution in [0.15, 0.2) is 18.3 Å². The molecule has 0 fully saturated rings. The Balaban J connectivity index is 2.41. The molecule has 0 bridgehead atoms. The van der Waals surface area contributed by atoms with E-state index >= 15 is 0 Å². The first-order valence-electron chi connectivity index (χ1n) is 5.75. The van der Waals surface area contributed by atoms with Gasteiger partial charge in [-0.15, -0.1) is 5.10 Å². The van der Waals surface area contributed by atoms with Gasteiger partial charge >= 0.3 is 0 Å². The van der Waals surface area contributed by atoms with Gasteiger partial charge in [0.15, 0.2) is 5.75 Å². The normalized spacial score (nSPS) is 10.4. The summed E-state index contributed by atoms with van der Waals surface area (Å²) in [6, 6.07) is 3.67. The molecule has 5 heteroatoms. The van der Waals surface area contributed by atoms with Gasteiger partial charge in [-0.2, -0.15) is 5.10 Å². The van der Waals surface area contributed by atoms with Crippen molar-refractivity contribution in [2.45, 2.75) is 27.3 Å². The average Bonchev–Trinajstić information content (AvgIpc) is 2.37. The van der Waals surface area contributed by atoms with E-state index in [-0.39, 0.29) is 0 Å². The van der Waals surface area contributed by atoms with Crippen LogP contribution in [-0.2, 0) is 6.54 Å². The fourth-order valence-electron chi connectivity index (χ4n) is 1.64. The molecule has 0 amide bonds. The zero-order valence-corrected chi connectivity index (χ0v) is 10.8. The lowest BCUT2D eigenvalue weighted by Crippen LogP contribution is -2.07. The lowest BCUT2D eigenvalue weighted by Gasteiger charge is -2.12. The molecule has 0 saturated carbocycles. The van der Waals surface area contributed by atoms with Gasteiger partial charge in [-0.1, -0.05) is 0 Å². The largest absolute Gasteiger partial charge is 0.435 e. The summed E-state index contributed by atoms with van der Waals surface area (Å²) in [6.45, 7) is 6.12. The summed E-state index contributed by atoms with van der Waals surface area (Å²) >= 11 is 0. The molecule has 0 aliphatic carbocycles. The molecular formula is C13H16N4O. The number of nitrogens with zero attached hydrogens (tertiary/aromatic N) is 3. The summed E-state index contributed by atoms with van der Waals surface area (Å²) < 4.78 is 5.75. The highest BCUT2D eigenvalue weighted by Crippen LogP contribution is 2.26. The quantitative estimate of drug-likeness (QED) is 0.894. The number of hydrogen-bond acceptors (Lipinski definition) is 5. The molecule has 0 unspecified atom stereocenters. The Morgan fingerprint density at radius 2 is 1.94 bits per heavy atom. The Labute approximate surface area is 106 Å². The molecule has 2 aromatic heterocycles. The van der Waals surface area contributed by atoms with Crippen molar-refractivity contribution in [3.05, 3.63) is 40.8 Å². The molecule has 5 nitrogen and oxygen atoms in total.